The number of aromatic carboxylic acids is 1. The second-order valence-electron chi connectivity index (χ2n) is 9.01. The fourth-order valence-electron chi connectivity index (χ4n) is 4.53. The molecule has 4 N–H and O–H groups in total. The number of carboxylic acid groups (broad SMARTS) is 1. The van der Waals surface area contributed by atoms with E-state index >= 15 is 0 Å². The molecule has 7 nitrogen and oxygen atoms in total. The van der Waals surface area contributed by atoms with E-state index in [9.17, 15) is 28.2 Å². The van der Waals surface area contributed by atoms with Gasteiger partial charge in [0.05, 0.1) is 21.3 Å². The number of aliphatic hydroxyl groups is 1. The quantitative estimate of drug-likeness (QED) is 0.253. The predicted octanol–water partition coefficient (Wildman–Crippen LogP) is 6.12. The average Bonchev–Trinajstić information content (AvgIpc) is 3.37. The van der Waals surface area contributed by atoms with Crippen molar-refractivity contribution < 1.29 is 33.2 Å². The number of rotatable bonds is 5. The number of aromatic amines is 1. The van der Waals surface area contributed by atoms with Gasteiger partial charge in [-0.1, -0.05) is 17.4 Å². The van der Waals surface area contributed by atoms with Gasteiger partial charge in [-0.15, -0.1) is 0 Å². The van der Waals surface area contributed by atoms with Crippen molar-refractivity contribution in [3.05, 3.63) is 86.1 Å². The Kier molecular flexibility index (Phi) is 6.74. The van der Waals surface area contributed by atoms with E-state index in [1.165, 1.54) is 17.4 Å². The van der Waals surface area contributed by atoms with Crippen LogP contribution in [0.5, 0.6) is 0 Å². The molecule has 0 unspecified atom stereocenters. The highest BCUT2D eigenvalue weighted by atomic mass is 79.9. The smallest absolute Gasteiger partial charge is 0.416 e. The molecule has 0 saturated heterocycles. The lowest BCUT2D eigenvalue weighted by Gasteiger charge is -2.30. The molecule has 0 radical (unpaired) electrons. The van der Waals surface area contributed by atoms with E-state index in [2.05, 4.69) is 36.2 Å². The Balaban J connectivity index is 1.49. The Morgan fingerprint density at radius 3 is 2.76 bits per heavy atom. The molecule has 0 spiro atoms. The standard InChI is InChI=1S/C26H20BrF3N4O3S/c1-13-9-18(33-22(21(13)27)34-20-11-16(6-8-31-20)26(28,29)30)19-12-32-24(38-19)25(37)7-2-3-14-10-15(23(35)36)4-5-17(14)25/h4-6,8-12,37H,2-3,7H2,1H3,(H,35,36)(H,31,33,34)/p+1/t25-/m1/s1. The van der Waals surface area contributed by atoms with Crippen LogP contribution in [0.25, 0.3) is 10.6 Å². The Bertz CT molecular complexity index is 1560. The van der Waals surface area contributed by atoms with Crippen LogP contribution in [0.3, 0.4) is 0 Å². The normalized spacial score (nSPS) is 17.2. The lowest BCUT2D eigenvalue weighted by atomic mass is 9.79. The Morgan fingerprint density at radius 1 is 1.24 bits per heavy atom. The highest BCUT2D eigenvalue weighted by Crippen LogP contribution is 2.43. The van der Waals surface area contributed by atoms with Crippen LogP contribution >= 0.6 is 27.3 Å². The van der Waals surface area contributed by atoms with Gasteiger partial charge in [0.15, 0.2) is 11.8 Å². The van der Waals surface area contributed by atoms with Crippen LogP contribution in [0, 0.1) is 6.92 Å². The summed E-state index contributed by atoms with van der Waals surface area (Å²) in [6.07, 6.45) is 0.116. The predicted molar refractivity (Wildman–Crippen MR) is 138 cm³/mol. The van der Waals surface area contributed by atoms with E-state index in [0.717, 1.165) is 29.5 Å². The zero-order valence-electron chi connectivity index (χ0n) is 19.9. The first-order valence-electron chi connectivity index (χ1n) is 11.5. The number of nitrogens with one attached hydrogen (secondary N) is 2. The largest absolute Gasteiger partial charge is 0.478 e. The van der Waals surface area contributed by atoms with Gasteiger partial charge >= 0.3 is 12.1 Å². The number of benzene rings is 1. The summed E-state index contributed by atoms with van der Waals surface area (Å²) in [5.41, 5.74) is 0.828. The first kappa shape index (κ1) is 26.3. The number of aromatic nitrogens is 3. The lowest BCUT2D eigenvalue weighted by Crippen LogP contribution is -2.35. The van der Waals surface area contributed by atoms with Crippen LogP contribution in [-0.4, -0.2) is 26.2 Å². The van der Waals surface area contributed by atoms with E-state index in [1.807, 2.05) is 13.0 Å². The third kappa shape index (κ3) is 4.91. The highest BCUT2D eigenvalue weighted by Gasteiger charge is 2.43. The van der Waals surface area contributed by atoms with Crippen LogP contribution in [-0.2, 0) is 18.2 Å². The fraction of sp³-hybridized carbons (Fsp3) is 0.231. The minimum Gasteiger partial charge on any atom is -0.478 e. The summed E-state index contributed by atoms with van der Waals surface area (Å²) in [5.74, 6) is -0.727. The van der Waals surface area contributed by atoms with Gasteiger partial charge in [0, 0.05) is 6.20 Å². The lowest BCUT2D eigenvalue weighted by molar-refractivity contribution is -0.397. The van der Waals surface area contributed by atoms with Gasteiger partial charge in [-0.25, -0.2) is 19.7 Å². The first-order chi connectivity index (χ1) is 18.0. The van der Waals surface area contributed by atoms with Gasteiger partial charge < -0.3 is 15.5 Å². The number of H-pyrrole nitrogens is 1. The average molecular weight is 606 g/mol. The number of hydrogen-bond acceptors (Lipinski definition) is 6. The molecule has 1 aromatic carbocycles. The van der Waals surface area contributed by atoms with Crippen molar-refractivity contribution in [2.45, 2.75) is 38.0 Å². The Hall–Kier alpha value is -3.35. The number of halogens is 4. The topological polar surface area (TPSA) is 109 Å². The summed E-state index contributed by atoms with van der Waals surface area (Å²) in [4.78, 5) is 23.9. The van der Waals surface area contributed by atoms with Gasteiger partial charge in [0.2, 0.25) is 0 Å². The maximum absolute atomic E-state index is 13.1. The molecule has 5 rings (SSSR count). The molecular weight excluding hydrogens is 585 g/mol. The Labute approximate surface area is 227 Å². The molecule has 0 fully saturated rings. The molecule has 1 atom stereocenters. The van der Waals surface area contributed by atoms with Crippen LogP contribution < -0.4 is 10.3 Å². The Morgan fingerprint density at radius 2 is 2.03 bits per heavy atom. The number of pyridine rings is 2. The van der Waals surface area contributed by atoms with Gasteiger partial charge in [-0.05, 0) is 89.1 Å². The zero-order valence-corrected chi connectivity index (χ0v) is 22.3. The first-order valence-corrected chi connectivity index (χ1v) is 13.2. The third-order valence-corrected chi connectivity index (χ3v) is 8.64. The second kappa shape index (κ2) is 9.75. The molecule has 12 heteroatoms. The number of alkyl halides is 3. The molecule has 0 aliphatic heterocycles. The van der Waals surface area contributed by atoms with Crippen molar-refractivity contribution in [1.29, 1.82) is 0 Å². The van der Waals surface area contributed by atoms with E-state index in [1.54, 1.807) is 18.3 Å². The number of thiazole rings is 1. The van der Waals surface area contributed by atoms with E-state index < -0.39 is 23.3 Å². The maximum Gasteiger partial charge on any atom is 0.416 e. The molecular formula is C26H21BrF3N4O3S+. The van der Waals surface area contributed by atoms with Crippen molar-refractivity contribution in [3.63, 3.8) is 0 Å². The van der Waals surface area contributed by atoms with Gasteiger partial charge in [-0.3, -0.25) is 0 Å². The summed E-state index contributed by atoms with van der Waals surface area (Å²) in [5, 5.41) is 24.5. The number of fused-ring (bicyclic) bond motifs is 1. The molecule has 1 aliphatic carbocycles. The highest BCUT2D eigenvalue weighted by molar-refractivity contribution is 9.10. The summed E-state index contributed by atoms with van der Waals surface area (Å²) >= 11 is 4.76. The van der Waals surface area contributed by atoms with Crippen molar-refractivity contribution in [1.82, 2.24) is 9.97 Å². The summed E-state index contributed by atoms with van der Waals surface area (Å²) in [7, 11) is 0. The van der Waals surface area contributed by atoms with Gasteiger partial charge in [0.25, 0.3) is 5.01 Å². The van der Waals surface area contributed by atoms with Crippen LogP contribution in [0.1, 0.15) is 50.5 Å². The molecule has 0 bridgehead atoms. The van der Waals surface area contributed by atoms with Crippen LogP contribution in [0.15, 0.2) is 53.3 Å². The summed E-state index contributed by atoms with van der Waals surface area (Å²) in [6, 6.07) is 8.41. The van der Waals surface area contributed by atoms with E-state index in [-0.39, 0.29) is 11.4 Å². The number of nitrogens with zero attached hydrogens (tertiary/aromatic N) is 2. The van der Waals surface area contributed by atoms with Crippen molar-refractivity contribution in [2.75, 3.05) is 5.32 Å². The third-order valence-electron chi connectivity index (χ3n) is 6.43. The molecule has 4 aromatic rings. The monoisotopic (exact) mass is 605 g/mol. The molecule has 196 valence electrons. The minimum absolute atomic E-state index is 0.00291. The number of carbonyl (C=O) groups is 1. The SMILES string of the molecule is Cc1cc(-c2c[nH+]c([C@@]3(O)CCCc4cc(C(=O)O)ccc43)s2)nc(Nc2cc(C(F)(F)F)ccn2)c1Br. The van der Waals surface area contributed by atoms with E-state index in [4.69, 9.17) is 0 Å². The molecule has 3 heterocycles. The number of aryl methyl sites for hydroxylation is 2. The van der Waals surface area contributed by atoms with Gasteiger partial charge in [-0.2, -0.15) is 13.2 Å². The molecule has 3 aromatic heterocycles. The van der Waals surface area contributed by atoms with E-state index in [0.29, 0.717) is 50.7 Å². The van der Waals surface area contributed by atoms with Crippen molar-refractivity contribution in [3.8, 4) is 10.6 Å². The fourth-order valence-corrected chi connectivity index (χ4v) is 5.88. The minimum atomic E-state index is -4.50. The molecule has 1 aliphatic rings. The van der Waals surface area contributed by atoms with Crippen molar-refractivity contribution >= 4 is 44.9 Å². The zero-order chi connectivity index (χ0) is 27.2. The molecule has 0 amide bonds. The van der Waals surface area contributed by atoms with Gasteiger partial charge in [0.1, 0.15) is 16.5 Å². The summed E-state index contributed by atoms with van der Waals surface area (Å²) < 4.78 is 40.0. The number of carboxylic acids is 1. The van der Waals surface area contributed by atoms with Crippen LogP contribution in [0.4, 0.5) is 24.8 Å². The van der Waals surface area contributed by atoms with Crippen molar-refractivity contribution in [2.24, 2.45) is 0 Å². The molecule has 38 heavy (non-hydrogen) atoms. The maximum atomic E-state index is 13.1. The summed E-state index contributed by atoms with van der Waals surface area (Å²) in [6.45, 7) is 1.84. The number of hydrogen-bond donors (Lipinski definition) is 3. The number of anilines is 2. The second-order valence-corrected chi connectivity index (χ2v) is 10.9. The molecule has 0 saturated carbocycles. The van der Waals surface area contributed by atoms with Crippen LogP contribution in [0.2, 0.25) is 0 Å².